The van der Waals surface area contributed by atoms with E-state index in [9.17, 15) is 27.2 Å². The second-order valence-electron chi connectivity index (χ2n) is 9.42. The Morgan fingerprint density at radius 3 is 2.33 bits per heavy atom. The Balaban J connectivity index is 0.00000242. The van der Waals surface area contributed by atoms with Gasteiger partial charge in [0.1, 0.15) is 5.82 Å². The van der Waals surface area contributed by atoms with Crippen molar-refractivity contribution in [3.8, 4) is 5.69 Å². The Labute approximate surface area is 253 Å². The lowest BCUT2D eigenvalue weighted by Gasteiger charge is -2.38. The molecule has 0 saturated carbocycles. The normalized spacial score (nSPS) is 16.3. The van der Waals surface area contributed by atoms with E-state index in [1.165, 1.54) is 23.2 Å². The summed E-state index contributed by atoms with van der Waals surface area (Å²) in [6, 6.07) is 15.9. The van der Waals surface area contributed by atoms with Gasteiger partial charge in [0.2, 0.25) is 11.9 Å². The Hall–Kier alpha value is -3.68. The van der Waals surface area contributed by atoms with Crippen LogP contribution in [-0.4, -0.2) is 33.0 Å². The molecule has 0 radical (unpaired) electrons. The Kier molecular flexibility index (Phi) is 10.2. The van der Waals surface area contributed by atoms with Crippen LogP contribution >= 0.6 is 27.0 Å². The highest BCUT2D eigenvalue weighted by atomic mass is 32.1. The molecule has 2 atom stereocenters. The minimum Gasteiger partial charge on any atom is -0.325 e. The first-order valence-corrected chi connectivity index (χ1v) is 12.6. The number of benzene rings is 2. The van der Waals surface area contributed by atoms with Crippen molar-refractivity contribution in [3.05, 3.63) is 107 Å². The highest BCUT2D eigenvalue weighted by Gasteiger charge is 2.46. The number of ketones is 1. The van der Waals surface area contributed by atoms with Crippen LogP contribution in [0, 0.1) is 11.9 Å². The number of hydrogen-bond acceptors (Lipinski definition) is 5. The summed E-state index contributed by atoms with van der Waals surface area (Å²) in [6.45, 7) is 2.02. The van der Waals surface area contributed by atoms with Crippen molar-refractivity contribution >= 4 is 44.5 Å². The number of nitrogens with two attached hydrogens (primary N) is 1. The van der Waals surface area contributed by atoms with Gasteiger partial charge in [-0.3, -0.25) is 14.5 Å². The summed E-state index contributed by atoms with van der Waals surface area (Å²) in [7, 11) is 0. The predicted octanol–water partition coefficient (Wildman–Crippen LogP) is 5.50. The van der Waals surface area contributed by atoms with Gasteiger partial charge in [0.25, 0.3) is 0 Å². The van der Waals surface area contributed by atoms with Crippen LogP contribution in [0.15, 0.2) is 72.9 Å². The first kappa shape index (κ1) is 32.8. The van der Waals surface area contributed by atoms with Gasteiger partial charge in [-0.1, -0.05) is 36.4 Å². The van der Waals surface area contributed by atoms with E-state index in [1.807, 2.05) is 30.3 Å². The lowest BCUT2D eigenvalue weighted by Crippen LogP contribution is -2.45. The number of rotatable bonds is 7. The van der Waals surface area contributed by atoms with Crippen LogP contribution in [0.3, 0.4) is 0 Å². The van der Waals surface area contributed by atoms with Crippen LogP contribution in [0.4, 0.5) is 23.4 Å². The summed E-state index contributed by atoms with van der Waals surface area (Å²) in [4.78, 5) is 32.7. The second kappa shape index (κ2) is 13.1. The van der Waals surface area contributed by atoms with Gasteiger partial charge >= 0.3 is 6.18 Å². The lowest BCUT2D eigenvalue weighted by atomic mass is 9.74. The minimum absolute atomic E-state index is 0. The standard InChI is InChI=1S/C29H25F4N5O2.2H2S/c1-2-37-27-26(22(15-34)36-38(27)20-9-4-3-5-10-20)25(18-11-12-24(30)35-16-18)21(28(37)40)14-23(39)17-7-6-8-19(13-17)29(31,32)33;;/h3-13,16,21,25H,2,14-15,34H2,1H3;2*1H2/t21-,25+;;/m0../s1. The molecule has 5 rings (SSSR count). The van der Waals surface area contributed by atoms with Crippen LogP contribution in [0.25, 0.3) is 5.69 Å². The van der Waals surface area contributed by atoms with E-state index in [2.05, 4.69) is 4.98 Å². The van der Waals surface area contributed by atoms with E-state index in [1.54, 1.807) is 11.6 Å². The van der Waals surface area contributed by atoms with Gasteiger partial charge in [0, 0.05) is 42.8 Å². The van der Waals surface area contributed by atoms with Gasteiger partial charge in [0.15, 0.2) is 5.78 Å². The van der Waals surface area contributed by atoms with E-state index in [4.69, 9.17) is 10.8 Å². The smallest absolute Gasteiger partial charge is 0.325 e. The van der Waals surface area contributed by atoms with Gasteiger partial charge in [0.05, 0.1) is 22.9 Å². The zero-order chi connectivity index (χ0) is 28.6. The number of hydrogen-bond donors (Lipinski definition) is 1. The summed E-state index contributed by atoms with van der Waals surface area (Å²) in [5.41, 5.74) is 7.19. The maximum atomic E-state index is 14.1. The van der Waals surface area contributed by atoms with Crippen LogP contribution < -0.4 is 10.6 Å². The third kappa shape index (κ3) is 6.08. The average Bonchev–Trinajstić information content (AvgIpc) is 3.33. The molecule has 42 heavy (non-hydrogen) atoms. The molecule has 1 aliphatic rings. The maximum Gasteiger partial charge on any atom is 0.416 e. The molecule has 2 aromatic heterocycles. The number of para-hydroxylation sites is 1. The zero-order valence-corrected chi connectivity index (χ0v) is 24.4. The lowest BCUT2D eigenvalue weighted by molar-refractivity contribution is -0.137. The fourth-order valence-electron chi connectivity index (χ4n) is 5.26. The van der Waals surface area contributed by atoms with Crippen molar-refractivity contribution in [2.45, 2.75) is 32.0 Å². The van der Waals surface area contributed by atoms with Crippen molar-refractivity contribution in [2.75, 3.05) is 11.4 Å². The zero-order valence-electron chi connectivity index (χ0n) is 22.4. The molecule has 0 unspecified atom stereocenters. The first-order valence-electron chi connectivity index (χ1n) is 12.6. The SMILES string of the molecule is CCN1C(=O)[C@@H](CC(=O)c2cccc(C(F)(F)F)c2)[C@@H](c2ccc(F)nc2)c2c(CN)nn(-c3ccccc3)c21.S.S. The van der Waals surface area contributed by atoms with Crippen LogP contribution in [0.1, 0.15) is 52.0 Å². The predicted molar refractivity (Wildman–Crippen MR) is 160 cm³/mol. The van der Waals surface area contributed by atoms with Crippen molar-refractivity contribution in [1.29, 1.82) is 0 Å². The van der Waals surface area contributed by atoms with E-state index < -0.39 is 47.6 Å². The fourth-order valence-corrected chi connectivity index (χ4v) is 5.26. The van der Waals surface area contributed by atoms with Crippen molar-refractivity contribution in [3.63, 3.8) is 0 Å². The molecule has 1 amide bonds. The number of amides is 1. The molecule has 222 valence electrons. The number of Topliss-reactive ketones (excluding diaryl/α,β-unsaturated/α-hetero) is 1. The Morgan fingerprint density at radius 2 is 1.74 bits per heavy atom. The number of aromatic nitrogens is 3. The summed E-state index contributed by atoms with van der Waals surface area (Å²) < 4.78 is 55.4. The van der Waals surface area contributed by atoms with Gasteiger partial charge < -0.3 is 5.73 Å². The molecule has 2 N–H and O–H groups in total. The van der Waals surface area contributed by atoms with E-state index in [0.29, 0.717) is 28.3 Å². The number of anilines is 1. The molecule has 13 heteroatoms. The monoisotopic (exact) mass is 619 g/mol. The van der Waals surface area contributed by atoms with Crippen molar-refractivity contribution in [1.82, 2.24) is 14.8 Å². The number of fused-ring (bicyclic) bond motifs is 1. The molecular weight excluding hydrogens is 590 g/mol. The van der Waals surface area contributed by atoms with Crippen molar-refractivity contribution in [2.24, 2.45) is 11.7 Å². The topological polar surface area (TPSA) is 94.1 Å². The molecule has 0 aliphatic carbocycles. The van der Waals surface area contributed by atoms with Gasteiger partial charge in [-0.15, -0.1) is 0 Å². The summed E-state index contributed by atoms with van der Waals surface area (Å²) in [5, 5.41) is 4.71. The fraction of sp³-hybridized carbons (Fsp3) is 0.241. The van der Waals surface area contributed by atoms with Crippen molar-refractivity contribution < 1.29 is 27.2 Å². The highest BCUT2D eigenvalue weighted by molar-refractivity contribution is 7.59. The van der Waals surface area contributed by atoms with E-state index >= 15 is 0 Å². The summed E-state index contributed by atoms with van der Waals surface area (Å²) in [5.74, 6) is -3.13. The molecule has 2 aromatic carbocycles. The third-order valence-corrected chi connectivity index (χ3v) is 7.06. The van der Waals surface area contributed by atoms with Crippen LogP contribution in [0.2, 0.25) is 0 Å². The van der Waals surface area contributed by atoms with Crippen LogP contribution in [0.5, 0.6) is 0 Å². The Bertz CT molecular complexity index is 1560. The summed E-state index contributed by atoms with van der Waals surface area (Å²) in [6.07, 6.45) is -3.73. The molecular formula is C29H29F4N5O2S2. The molecule has 3 heterocycles. The van der Waals surface area contributed by atoms with Gasteiger partial charge in [-0.05, 0) is 42.8 Å². The molecule has 0 fully saturated rings. The quantitative estimate of drug-likeness (QED) is 0.168. The number of halogens is 4. The van der Waals surface area contributed by atoms with Gasteiger partial charge in [-0.25, -0.2) is 9.67 Å². The molecule has 0 saturated heterocycles. The average molecular weight is 620 g/mol. The van der Waals surface area contributed by atoms with E-state index in [0.717, 1.165) is 24.3 Å². The molecule has 0 bridgehead atoms. The molecule has 7 nitrogen and oxygen atoms in total. The number of alkyl halides is 3. The second-order valence-corrected chi connectivity index (χ2v) is 9.42. The van der Waals surface area contributed by atoms with Gasteiger partial charge in [-0.2, -0.15) is 49.7 Å². The largest absolute Gasteiger partial charge is 0.416 e. The Morgan fingerprint density at radius 1 is 1.02 bits per heavy atom. The third-order valence-electron chi connectivity index (χ3n) is 7.06. The number of pyridine rings is 1. The molecule has 0 spiro atoms. The molecule has 4 aromatic rings. The first-order chi connectivity index (χ1) is 19.1. The number of carbonyl (C=O) groups is 2. The van der Waals surface area contributed by atoms with Crippen LogP contribution in [-0.2, 0) is 17.5 Å². The number of nitrogens with zero attached hydrogens (tertiary/aromatic N) is 4. The highest BCUT2D eigenvalue weighted by Crippen LogP contribution is 2.47. The summed E-state index contributed by atoms with van der Waals surface area (Å²) >= 11 is 0. The maximum absolute atomic E-state index is 14.1. The molecule has 1 aliphatic heterocycles. The van der Waals surface area contributed by atoms with E-state index in [-0.39, 0.29) is 45.6 Å². The minimum atomic E-state index is -4.63. The number of carbonyl (C=O) groups excluding carboxylic acids is 2.